The van der Waals surface area contributed by atoms with Crippen LogP contribution in [0.5, 0.6) is 0 Å². The van der Waals surface area contributed by atoms with Crippen molar-refractivity contribution < 1.29 is 9.53 Å². The molecule has 3 N–H and O–H groups in total. The Morgan fingerprint density at radius 3 is 2.84 bits per heavy atom. The molecule has 2 fully saturated rings. The molecule has 2 rings (SSSR count). The van der Waals surface area contributed by atoms with Gasteiger partial charge in [0.25, 0.3) is 0 Å². The van der Waals surface area contributed by atoms with E-state index in [-0.39, 0.29) is 23.4 Å². The second kappa shape index (κ2) is 6.23. The van der Waals surface area contributed by atoms with Crippen LogP contribution in [0.1, 0.15) is 52.4 Å². The number of hydrogen-bond acceptors (Lipinski definition) is 3. The van der Waals surface area contributed by atoms with E-state index >= 15 is 0 Å². The molecule has 0 radical (unpaired) electrons. The van der Waals surface area contributed by atoms with E-state index in [0.29, 0.717) is 12.5 Å². The smallest absolute Gasteiger partial charge is 0.223 e. The van der Waals surface area contributed by atoms with Crippen LogP contribution in [0.4, 0.5) is 0 Å². The summed E-state index contributed by atoms with van der Waals surface area (Å²) in [6, 6.07) is 0.280. The Morgan fingerprint density at radius 1 is 1.42 bits per heavy atom. The lowest BCUT2D eigenvalue weighted by atomic mass is 9.78. The van der Waals surface area contributed by atoms with Gasteiger partial charge in [0.05, 0.1) is 12.1 Å². The van der Waals surface area contributed by atoms with Gasteiger partial charge in [0, 0.05) is 18.6 Å². The molecule has 0 spiro atoms. The SMILES string of the molecule is CC(C(=O)NC1(C)CCCOC1)C1CCCC(N)C1. The summed E-state index contributed by atoms with van der Waals surface area (Å²) in [6.07, 6.45) is 6.42. The molecule has 4 atom stereocenters. The number of hydrogen-bond donors (Lipinski definition) is 2. The molecule has 1 saturated carbocycles. The topological polar surface area (TPSA) is 64.3 Å². The molecule has 0 aromatic rings. The van der Waals surface area contributed by atoms with Gasteiger partial charge in [0.15, 0.2) is 0 Å². The Kier molecular flexibility index (Phi) is 4.85. The minimum absolute atomic E-state index is 0.0603. The van der Waals surface area contributed by atoms with Crippen LogP contribution >= 0.6 is 0 Å². The number of nitrogens with one attached hydrogen (secondary N) is 1. The van der Waals surface area contributed by atoms with Gasteiger partial charge in [-0.15, -0.1) is 0 Å². The predicted molar refractivity (Wildman–Crippen MR) is 75.7 cm³/mol. The van der Waals surface area contributed by atoms with Crippen LogP contribution in [-0.2, 0) is 9.53 Å². The number of rotatable bonds is 3. The molecule has 1 saturated heterocycles. The lowest BCUT2D eigenvalue weighted by molar-refractivity contribution is -0.130. The van der Waals surface area contributed by atoms with Gasteiger partial charge in [-0.25, -0.2) is 0 Å². The van der Waals surface area contributed by atoms with Crippen molar-refractivity contribution in [2.75, 3.05) is 13.2 Å². The number of carbonyl (C=O) groups is 1. The van der Waals surface area contributed by atoms with Crippen molar-refractivity contribution >= 4 is 5.91 Å². The fourth-order valence-electron chi connectivity index (χ4n) is 3.38. The second-order valence-electron chi connectivity index (χ2n) is 6.68. The summed E-state index contributed by atoms with van der Waals surface area (Å²) in [5.41, 5.74) is 5.84. The summed E-state index contributed by atoms with van der Waals surface area (Å²) in [5.74, 6) is 0.675. The highest BCUT2D eigenvalue weighted by atomic mass is 16.5. The maximum absolute atomic E-state index is 12.4. The first-order valence-electron chi connectivity index (χ1n) is 7.65. The average molecular weight is 268 g/mol. The van der Waals surface area contributed by atoms with E-state index in [1.807, 2.05) is 6.92 Å². The van der Waals surface area contributed by atoms with Crippen LogP contribution in [0.15, 0.2) is 0 Å². The van der Waals surface area contributed by atoms with Crippen molar-refractivity contribution in [3.8, 4) is 0 Å². The zero-order chi connectivity index (χ0) is 13.9. The van der Waals surface area contributed by atoms with Crippen LogP contribution in [0.3, 0.4) is 0 Å². The summed E-state index contributed by atoms with van der Waals surface area (Å²) < 4.78 is 5.49. The quantitative estimate of drug-likeness (QED) is 0.820. The summed E-state index contributed by atoms with van der Waals surface area (Å²) >= 11 is 0. The maximum Gasteiger partial charge on any atom is 0.223 e. The number of nitrogens with two attached hydrogens (primary N) is 1. The molecule has 1 aliphatic heterocycles. The molecule has 4 nitrogen and oxygen atoms in total. The fourth-order valence-corrected chi connectivity index (χ4v) is 3.38. The Morgan fingerprint density at radius 2 is 2.21 bits per heavy atom. The second-order valence-corrected chi connectivity index (χ2v) is 6.68. The van der Waals surface area contributed by atoms with Gasteiger partial charge in [-0.2, -0.15) is 0 Å². The minimum atomic E-state index is -0.180. The number of carbonyl (C=O) groups excluding carboxylic acids is 1. The monoisotopic (exact) mass is 268 g/mol. The number of amides is 1. The molecule has 1 amide bonds. The first kappa shape index (κ1) is 14.8. The van der Waals surface area contributed by atoms with Crippen molar-refractivity contribution in [3.63, 3.8) is 0 Å². The molecule has 19 heavy (non-hydrogen) atoms. The summed E-state index contributed by atoms with van der Waals surface area (Å²) in [7, 11) is 0. The molecule has 4 unspecified atom stereocenters. The third-order valence-electron chi connectivity index (χ3n) is 4.74. The maximum atomic E-state index is 12.4. The van der Waals surface area contributed by atoms with E-state index in [9.17, 15) is 4.79 Å². The highest BCUT2D eigenvalue weighted by Crippen LogP contribution is 2.30. The largest absolute Gasteiger partial charge is 0.379 e. The third-order valence-corrected chi connectivity index (χ3v) is 4.74. The predicted octanol–water partition coefficient (Wildman–Crippen LogP) is 1.83. The molecule has 0 bridgehead atoms. The van der Waals surface area contributed by atoms with E-state index in [1.54, 1.807) is 0 Å². The normalized spacial score (nSPS) is 37.6. The first-order valence-corrected chi connectivity index (χ1v) is 7.65. The van der Waals surface area contributed by atoms with Gasteiger partial charge in [-0.05, 0) is 44.9 Å². The van der Waals surface area contributed by atoms with Crippen LogP contribution in [0.25, 0.3) is 0 Å². The summed E-state index contributed by atoms with van der Waals surface area (Å²) in [4.78, 5) is 12.4. The molecular formula is C15H28N2O2. The molecule has 110 valence electrons. The summed E-state index contributed by atoms with van der Waals surface area (Å²) in [5, 5.41) is 3.20. The standard InChI is InChI=1S/C15H28N2O2/c1-11(12-5-3-6-13(16)9-12)14(18)17-15(2)7-4-8-19-10-15/h11-13H,3-10,16H2,1-2H3,(H,17,18). The lowest BCUT2D eigenvalue weighted by Gasteiger charge is -2.37. The Hall–Kier alpha value is -0.610. The Balaban J connectivity index is 1.87. The van der Waals surface area contributed by atoms with Gasteiger partial charge >= 0.3 is 0 Å². The van der Waals surface area contributed by atoms with E-state index in [2.05, 4.69) is 12.2 Å². The number of ether oxygens (including phenoxy) is 1. The molecule has 1 heterocycles. The van der Waals surface area contributed by atoms with Crippen LogP contribution in [0, 0.1) is 11.8 Å². The van der Waals surface area contributed by atoms with E-state index in [4.69, 9.17) is 10.5 Å². The fraction of sp³-hybridized carbons (Fsp3) is 0.933. The van der Waals surface area contributed by atoms with Crippen LogP contribution in [0.2, 0.25) is 0 Å². The molecule has 2 aliphatic rings. The van der Waals surface area contributed by atoms with Gasteiger partial charge in [0.1, 0.15) is 0 Å². The lowest BCUT2D eigenvalue weighted by Crippen LogP contribution is -2.54. The third kappa shape index (κ3) is 3.93. The minimum Gasteiger partial charge on any atom is -0.379 e. The molecular weight excluding hydrogens is 240 g/mol. The molecule has 0 aromatic heterocycles. The van der Waals surface area contributed by atoms with Gasteiger partial charge in [0.2, 0.25) is 5.91 Å². The Labute approximate surface area is 116 Å². The highest BCUT2D eigenvalue weighted by Gasteiger charge is 2.34. The Bertz CT molecular complexity index is 313. The van der Waals surface area contributed by atoms with Crippen LogP contribution < -0.4 is 11.1 Å². The van der Waals surface area contributed by atoms with Gasteiger partial charge in [-0.3, -0.25) is 4.79 Å². The van der Waals surface area contributed by atoms with Crippen molar-refractivity contribution in [3.05, 3.63) is 0 Å². The molecule has 0 aromatic carbocycles. The van der Waals surface area contributed by atoms with E-state index in [1.165, 1.54) is 0 Å². The summed E-state index contributed by atoms with van der Waals surface area (Å²) in [6.45, 7) is 5.59. The van der Waals surface area contributed by atoms with Crippen LogP contribution in [-0.4, -0.2) is 30.7 Å². The van der Waals surface area contributed by atoms with E-state index < -0.39 is 0 Å². The molecule has 4 heteroatoms. The first-order chi connectivity index (χ1) is 9.00. The van der Waals surface area contributed by atoms with Gasteiger partial charge < -0.3 is 15.8 Å². The van der Waals surface area contributed by atoms with Crippen molar-refractivity contribution in [1.29, 1.82) is 0 Å². The average Bonchev–Trinajstić information content (AvgIpc) is 2.38. The van der Waals surface area contributed by atoms with Crippen molar-refractivity contribution in [2.24, 2.45) is 17.6 Å². The zero-order valence-electron chi connectivity index (χ0n) is 12.3. The van der Waals surface area contributed by atoms with E-state index in [0.717, 1.165) is 45.1 Å². The van der Waals surface area contributed by atoms with Crippen molar-refractivity contribution in [1.82, 2.24) is 5.32 Å². The van der Waals surface area contributed by atoms with Gasteiger partial charge in [-0.1, -0.05) is 13.3 Å². The molecule has 1 aliphatic carbocycles. The zero-order valence-corrected chi connectivity index (χ0v) is 12.3. The highest BCUT2D eigenvalue weighted by molar-refractivity contribution is 5.79. The van der Waals surface area contributed by atoms with Crippen molar-refractivity contribution in [2.45, 2.75) is 64.0 Å².